The first-order valence-electron chi connectivity index (χ1n) is 6.13. The zero-order valence-corrected chi connectivity index (χ0v) is 13.0. The Balaban J connectivity index is 0.00000361. The normalized spacial score (nSPS) is 12.3. The van der Waals surface area contributed by atoms with Crippen molar-refractivity contribution in [2.24, 2.45) is 5.73 Å². The van der Waals surface area contributed by atoms with Gasteiger partial charge in [0.15, 0.2) is 0 Å². The molecule has 5 nitrogen and oxygen atoms in total. The predicted molar refractivity (Wildman–Crippen MR) is 82.6 cm³/mol. The van der Waals surface area contributed by atoms with Gasteiger partial charge in [-0.15, -0.1) is 12.4 Å². The van der Waals surface area contributed by atoms with Crippen LogP contribution in [0.1, 0.15) is 24.4 Å². The Labute approximate surface area is 126 Å². The van der Waals surface area contributed by atoms with Crippen molar-refractivity contribution < 1.29 is 13.2 Å². The van der Waals surface area contributed by atoms with Crippen LogP contribution in [0.5, 0.6) is 0 Å². The molecule has 0 bridgehead atoms. The van der Waals surface area contributed by atoms with Crippen molar-refractivity contribution >= 4 is 28.2 Å². The van der Waals surface area contributed by atoms with Gasteiger partial charge in [-0.2, -0.15) is 0 Å². The predicted octanol–water partition coefficient (Wildman–Crippen LogP) is 1.05. The van der Waals surface area contributed by atoms with Crippen LogP contribution in [-0.2, 0) is 14.6 Å². The molecule has 0 spiro atoms. The number of carbonyl (C=O) groups is 1. The van der Waals surface area contributed by atoms with Gasteiger partial charge < -0.3 is 11.1 Å². The number of nitrogens with one attached hydrogen (secondary N) is 1. The second kappa shape index (κ2) is 8.94. The van der Waals surface area contributed by atoms with Crippen molar-refractivity contribution in [3.05, 3.63) is 35.9 Å². The van der Waals surface area contributed by atoms with E-state index in [4.69, 9.17) is 5.73 Å². The maximum Gasteiger partial charge on any atom is 0.220 e. The molecular weight excluding hydrogens is 300 g/mol. The molecule has 1 amide bonds. The molecule has 1 aromatic rings. The van der Waals surface area contributed by atoms with E-state index in [1.165, 1.54) is 0 Å². The molecule has 0 saturated heterocycles. The van der Waals surface area contributed by atoms with Gasteiger partial charge in [0.05, 0.1) is 5.75 Å². The number of rotatable bonds is 7. The molecule has 0 aliphatic rings. The zero-order valence-electron chi connectivity index (χ0n) is 11.4. The van der Waals surface area contributed by atoms with E-state index >= 15 is 0 Å². The summed E-state index contributed by atoms with van der Waals surface area (Å²) in [6, 6.07) is 9.24. The van der Waals surface area contributed by atoms with Gasteiger partial charge in [0.2, 0.25) is 5.91 Å². The van der Waals surface area contributed by atoms with Crippen molar-refractivity contribution in [3.63, 3.8) is 0 Å². The highest BCUT2D eigenvalue weighted by atomic mass is 35.5. The van der Waals surface area contributed by atoms with Gasteiger partial charge in [-0.1, -0.05) is 30.3 Å². The minimum Gasteiger partial charge on any atom is -0.354 e. The SMILES string of the molecule is CS(=O)(=O)CCCC(=O)NCC(N)c1ccccc1.Cl. The van der Waals surface area contributed by atoms with Crippen LogP contribution in [-0.4, -0.2) is 32.9 Å². The molecule has 20 heavy (non-hydrogen) atoms. The highest BCUT2D eigenvalue weighted by Crippen LogP contribution is 2.07. The largest absolute Gasteiger partial charge is 0.354 e. The number of amides is 1. The van der Waals surface area contributed by atoms with Crippen LogP contribution in [0.25, 0.3) is 0 Å². The van der Waals surface area contributed by atoms with Gasteiger partial charge in [0, 0.05) is 25.3 Å². The fourth-order valence-corrected chi connectivity index (χ4v) is 2.29. The van der Waals surface area contributed by atoms with Gasteiger partial charge in [-0.3, -0.25) is 4.79 Å². The topological polar surface area (TPSA) is 89.3 Å². The fourth-order valence-electron chi connectivity index (χ4n) is 1.63. The van der Waals surface area contributed by atoms with Crippen molar-refractivity contribution in [2.75, 3.05) is 18.6 Å². The van der Waals surface area contributed by atoms with Crippen molar-refractivity contribution in [2.45, 2.75) is 18.9 Å². The average molecular weight is 321 g/mol. The van der Waals surface area contributed by atoms with Gasteiger partial charge in [-0.25, -0.2) is 8.42 Å². The number of sulfone groups is 1. The van der Waals surface area contributed by atoms with Crippen LogP contribution >= 0.6 is 12.4 Å². The number of hydrogen-bond donors (Lipinski definition) is 2. The van der Waals surface area contributed by atoms with Gasteiger partial charge >= 0.3 is 0 Å². The summed E-state index contributed by atoms with van der Waals surface area (Å²) in [7, 11) is -3.00. The number of halogens is 1. The molecule has 7 heteroatoms. The highest BCUT2D eigenvalue weighted by molar-refractivity contribution is 7.90. The summed E-state index contributed by atoms with van der Waals surface area (Å²) in [5.74, 6) is -0.138. The Morgan fingerprint density at radius 3 is 2.45 bits per heavy atom. The molecule has 1 rings (SSSR count). The van der Waals surface area contributed by atoms with Gasteiger partial charge in [0.25, 0.3) is 0 Å². The van der Waals surface area contributed by atoms with E-state index in [0.29, 0.717) is 13.0 Å². The van der Waals surface area contributed by atoms with Crippen molar-refractivity contribution in [3.8, 4) is 0 Å². The first-order chi connectivity index (χ1) is 8.88. The summed E-state index contributed by atoms with van der Waals surface area (Å²) >= 11 is 0. The second-order valence-electron chi connectivity index (χ2n) is 4.55. The minimum atomic E-state index is -3.00. The first-order valence-corrected chi connectivity index (χ1v) is 8.19. The van der Waals surface area contributed by atoms with E-state index < -0.39 is 9.84 Å². The molecule has 0 fully saturated rings. The molecule has 1 atom stereocenters. The Morgan fingerprint density at radius 1 is 1.30 bits per heavy atom. The molecule has 0 aliphatic carbocycles. The minimum absolute atomic E-state index is 0. The molecule has 0 heterocycles. The highest BCUT2D eigenvalue weighted by Gasteiger charge is 2.09. The lowest BCUT2D eigenvalue weighted by Gasteiger charge is -2.13. The van der Waals surface area contributed by atoms with E-state index in [1.54, 1.807) is 0 Å². The van der Waals surface area contributed by atoms with Gasteiger partial charge in [0.1, 0.15) is 9.84 Å². The monoisotopic (exact) mass is 320 g/mol. The van der Waals surface area contributed by atoms with E-state index in [-0.39, 0.29) is 36.5 Å². The third-order valence-corrected chi connectivity index (χ3v) is 3.70. The van der Waals surface area contributed by atoms with Crippen molar-refractivity contribution in [1.82, 2.24) is 5.32 Å². The van der Waals surface area contributed by atoms with Gasteiger partial charge in [-0.05, 0) is 12.0 Å². The number of nitrogens with two attached hydrogens (primary N) is 1. The molecule has 0 aliphatic heterocycles. The standard InChI is InChI=1S/C13H20N2O3S.ClH/c1-19(17,18)9-5-8-13(16)15-10-12(14)11-6-3-2-4-7-11;/h2-4,6-7,12H,5,8-10,14H2,1H3,(H,15,16);1H. The van der Waals surface area contributed by atoms with Crippen LogP contribution in [0.15, 0.2) is 30.3 Å². The molecule has 1 unspecified atom stereocenters. The Morgan fingerprint density at radius 2 is 1.90 bits per heavy atom. The fraction of sp³-hybridized carbons (Fsp3) is 0.462. The third kappa shape index (κ3) is 8.14. The lowest BCUT2D eigenvalue weighted by atomic mass is 10.1. The lowest BCUT2D eigenvalue weighted by molar-refractivity contribution is -0.121. The van der Waals surface area contributed by atoms with Crippen molar-refractivity contribution in [1.29, 1.82) is 0 Å². The van der Waals surface area contributed by atoms with E-state index in [0.717, 1.165) is 11.8 Å². The quantitative estimate of drug-likeness (QED) is 0.786. The molecule has 0 radical (unpaired) electrons. The van der Waals surface area contributed by atoms with Crippen LogP contribution in [0.2, 0.25) is 0 Å². The summed E-state index contributed by atoms with van der Waals surface area (Å²) in [5.41, 5.74) is 6.89. The summed E-state index contributed by atoms with van der Waals surface area (Å²) in [6.07, 6.45) is 1.70. The number of benzene rings is 1. The van der Waals surface area contributed by atoms with Crippen LogP contribution in [0, 0.1) is 0 Å². The van der Waals surface area contributed by atoms with Crippen LogP contribution < -0.4 is 11.1 Å². The third-order valence-electron chi connectivity index (χ3n) is 2.67. The van der Waals surface area contributed by atoms with E-state index in [2.05, 4.69) is 5.32 Å². The Bertz CT molecular complexity index is 506. The summed E-state index contributed by atoms with van der Waals surface area (Å²) in [4.78, 5) is 11.5. The van der Waals surface area contributed by atoms with E-state index in [1.807, 2.05) is 30.3 Å². The van der Waals surface area contributed by atoms with E-state index in [9.17, 15) is 13.2 Å². The summed E-state index contributed by atoms with van der Waals surface area (Å²) in [6.45, 7) is 0.349. The molecule has 114 valence electrons. The molecule has 3 N–H and O–H groups in total. The summed E-state index contributed by atoms with van der Waals surface area (Å²) in [5, 5.41) is 2.71. The Kier molecular flexibility index (Phi) is 8.45. The number of carbonyl (C=O) groups excluding carboxylic acids is 1. The average Bonchev–Trinajstić information content (AvgIpc) is 2.35. The number of hydrogen-bond acceptors (Lipinski definition) is 4. The maximum absolute atomic E-state index is 11.5. The molecule has 1 aromatic carbocycles. The maximum atomic E-state index is 11.5. The zero-order chi connectivity index (χ0) is 14.3. The smallest absolute Gasteiger partial charge is 0.220 e. The first kappa shape index (κ1) is 18.9. The summed E-state index contributed by atoms with van der Waals surface area (Å²) < 4.78 is 21.8. The van der Waals surface area contributed by atoms with Crippen LogP contribution in [0.3, 0.4) is 0 Å². The molecule has 0 saturated carbocycles. The lowest BCUT2D eigenvalue weighted by Crippen LogP contribution is -2.31. The Hall–Kier alpha value is -1.11. The van der Waals surface area contributed by atoms with Crippen LogP contribution in [0.4, 0.5) is 0 Å². The molecular formula is C13H21ClN2O3S. The second-order valence-corrected chi connectivity index (χ2v) is 6.81. The molecule has 0 aromatic heterocycles.